The summed E-state index contributed by atoms with van der Waals surface area (Å²) in [6.07, 6.45) is 4.08. The molecule has 0 bridgehead atoms. The van der Waals surface area contributed by atoms with Crippen LogP contribution in [0, 0.1) is 0 Å². The Labute approximate surface area is 96.5 Å². The Morgan fingerprint density at radius 2 is 2.06 bits per heavy atom. The molecule has 0 N–H and O–H groups in total. The van der Waals surface area contributed by atoms with Crippen LogP contribution in [-0.4, -0.2) is 27.5 Å². The minimum atomic E-state index is -0.355. The molecule has 0 aliphatic carbocycles. The molecule has 0 aliphatic heterocycles. The summed E-state index contributed by atoms with van der Waals surface area (Å²) in [7, 11) is 3.42. The number of ether oxygens (including phenoxy) is 2. The Kier molecular flexibility index (Phi) is 5.19. The molecule has 0 aromatic heterocycles. The molecular formula is C12H15BO3. The predicted octanol–water partition coefficient (Wildman–Crippen LogP) is 1.30. The van der Waals surface area contributed by atoms with Gasteiger partial charge < -0.3 is 9.47 Å². The third-order valence-corrected chi connectivity index (χ3v) is 1.97. The van der Waals surface area contributed by atoms with E-state index in [-0.39, 0.29) is 5.97 Å². The summed E-state index contributed by atoms with van der Waals surface area (Å²) in [4.78, 5) is 10.9. The lowest BCUT2D eigenvalue weighted by Gasteiger charge is -2.03. The molecule has 1 aromatic carbocycles. The van der Waals surface area contributed by atoms with E-state index in [9.17, 15) is 4.79 Å². The first-order chi connectivity index (χ1) is 7.76. The van der Waals surface area contributed by atoms with Crippen LogP contribution in [0.15, 0.2) is 30.3 Å². The van der Waals surface area contributed by atoms with Crippen molar-refractivity contribution in [2.45, 2.75) is 6.32 Å². The van der Waals surface area contributed by atoms with Gasteiger partial charge in [0.1, 0.15) is 13.6 Å². The van der Waals surface area contributed by atoms with Crippen LogP contribution in [0.1, 0.15) is 5.56 Å². The quantitative estimate of drug-likeness (QED) is 0.424. The first-order valence-electron chi connectivity index (χ1n) is 5.25. The molecule has 1 aromatic rings. The lowest BCUT2D eigenvalue weighted by molar-refractivity contribution is -0.134. The van der Waals surface area contributed by atoms with E-state index in [0.29, 0.717) is 0 Å². The number of hydrogen-bond acceptors (Lipinski definition) is 3. The van der Waals surface area contributed by atoms with E-state index >= 15 is 0 Å². The molecule has 16 heavy (non-hydrogen) atoms. The summed E-state index contributed by atoms with van der Waals surface area (Å²) in [5.41, 5.74) is 0.939. The van der Waals surface area contributed by atoms with Crippen molar-refractivity contribution in [3.8, 4) is 5.75 Å². The summed E-state index contributed by atoms with van der Waals surface area (Å²) in [5.74, 6) is 0.489. The molecule has 0 unspecified atom stereocenters. The van der Waals surface area contributed by atoms with E-state index in [1.54, 1.807) is 6.08 Å². The van der Waals surface area contributed by atoms with Gasteiger partial charge in [-0.15, -0.1) is 0 Å². The fourth-order valence-electron chi connectivity index (χ4n) is 1.13. The molecular weight excluding hydrogens is 203 g/mol. The standard InChI is InChI=1S/C12H15BO3/c1-15-12(14)7-4-10-2-5-11(6-3-10)16-9-8-13/h2-7H,8-9,13H2,1H3/b7-4+. The molecule has 0 heterocycles. The van der Waals surface area contributed by atoms with E-state index in [2.05, 4.69) is 12.6 Å². The van der Waals surface area contributed by atoms with Gasteiger partial charge in [-0.1, -0.05) is 12.1 Å². The molecule has 0 amide bonds. The highest BCUT2D eigenvalue weighted by Gasteiger charge is 1.94. The van der Waals surface area contributed by atoms with E-state index in [4.69, 9.17) is 4.74 Å². The Bertz CT molecular complexity index is 357. The van der Waals surface area contributed by atoms with Crippen molar-refractivity contribution >= 4 is 19.9 Å². The van der Waals surface area contributed by atoms with Gasteiger partial charge in [0.2, 0.25) is 0 Å². The fraction of sp³-hybridized carbons (Fsp3) is 0.250. The monoisotopic (exact) mass is 218 g/mol. The Hall–Kier alpha value is -1.71. The van der Waals surface area contributed by atoms with Gasteiger partial charge >= 0.3 is 5.97 Å². The van der Waals surface area contributed by atoms with E-state index in [0.717, 1.165) is 24.2 Å². The van der Waals surface area contributed by atoms with Gasteiger partial charge in [-0.25, -0.2) is 4.79 Å². The molecule has 0 saturated carbocycles. The van der Waals surface area contributed by atoms with Gasteiger partial charge in [0, 0.05) is 6.08 Å². The highest BCUT2D eigenvalue weighted by molar-refractivity contribution is 6.08. The molecule has 84 valence electrons. The third-order valence-electron chi connectivity index (χ3n) is 1.97. The maximum atomic E-state index is 10.9. The molecule has 0 radical (unpaired) electrons. The first-order valence-corrected chi connectivity index (χ1v) is 5.25. The van der Waals surface area contributed by atoms with Gasteiger partial charge in [0.05, 0.1) is 13.7 Å². The van der Waals surface area contributed by atoms with Crippen LogP contribution in [0.5, 0.6) is 5.75 Å². The first kappa shape index (κ1) is 12.4. The summed E-state index contributed by atoms with van der Waals surface area (Å²) in [5, 5.41) is 0. The van der Waals surface area contributed by atoms with Gasteiger partial charge in [-0.2, -0.15) is 0 Å². The second-order valence-electron chi connectivity index (χ2n) is 3.27. The topological polar surface area (TPSA) is 35.5 Å². The fourth-order valence-corrected chi connectivity index (χ4v) is 1.13. The number of benzene rings is 1. The summed E-state index contributed by atoms with van der Waals surface area (Å²) in [6, 6.07) is 7.55. The van der Waals surface area contributed by atoms with Crippen molar-refractivity contribution in [2.24, 2.45) is 0 Å². The Morgan fingerprint density at radius 3 is 2.62 bits per heavy atom. The zero-order valence-corrected chi connectivity index (χ0v) is 9.60. The molecule has 0 saturated heterocycles. The molecule has 0 aliphatic rings. The second-order valence-corrected chi connectivity index (χ2v) is 3.27. The van der Waals surface area contributed by atoms with Gasteiger partial charge in [0.25, 0.3) is 0 Å². The van der Waals surface area contributed by atoms with Gasteiger partial charge in [0.15, 0.2) is 0 Å². The lowest BCUT2D eigenvalue weighted by Crippen LogP contribution is -1.95. The number of methoxy groups -OCH3 is 1. The van der Waals surface area contributed by atoms with Crippen molar-refractivity contribution in [1.29, 1.82) is 0 Å². The van der Waals surface area contributed by atoms with Crippen molar-refractivity contribution < 1.29 is 14.3 Å². The largest absolute Gasteiger partial charge is 0.494 e. The van der Waals surface area contributed by atoms with Crippen LogP contribution in [0.2, 0.25) is 6.32 Å². The van der Waals surface area contributed by atoms with Crippen molar-refractivity contribution in [3.63, 3.8) is 0 Å². The Balaban J connectivity index is 2.57. The minimum Gasteiger partial charge on any atom is -0.494 e. The lowest BCUT2D eigenvalue weighted by atomic mass is 10.1. The third kappa shape index (κ3) is 4.21. The van der Waals surface area contributed by atoms with Gasteiger partial charge in [-0.05, 0) is 30.1 Å². The summed E-state index contributed by atoms with van der Waals surface area (Å²) in [6.45, 7) is 0.720. The van der Waals surface area contributed by atoms with E-state index < -0.39 is 0 Å². The number of hydrogen-bond donors (Lipinski definition) is 0. The highest BCUT2D eigenvalue weighted by atomic mass is 16.5. The normalized spacial score (nSPS) is 10.3. The van der Waals surface area contributed by atoms with E-state index in [1.165, 1.54) is 13.2 Å². The van der Waals surface area contributed by atoms with Crippen molar-refractivity contribution in [2.75, 3.05) is 13.7 Å². The number of carbonyl (C=O) groups is 1. The highest BCUT2D eigenvalue weighted by Crippen LogP contribution is 2.13. The molecule has 4 heteroatoms. The maximum Gasteiger partial charge on any atom is 0.330 e. The van der Waals surface area contributed by atoms with Crippen molar-refractivity contribution in [3.05, 3.63) is 35.9 Å². The molecule has 0 spiro atoms. The minimum absolute atomic E-state index is 0.355. The van der Waals surface area contributed by atoms with Crippen LogP contribution in [0.4, 0.5) is 0 Å². The number of esters is 1. The molecule has 1 rings (SSSR count). The predicted molar refractivity (Wildman–Crippen MR) is 66.3 cm³/mol. The van der Waals surface area contributed by atoms with Crippen LogP contribution >= 0.6 is 0 Å². The SMILES string of the molecule is BCCOc1ccc(/C=C/C(=O)OC)cc1. The summed E-state index contributed by atoms with van der Waals surface area (Å²) < 4.78 is 9.94. The number of carbonyl (C=O) groups excluding carboxylic acids is 1. The molecule has 3 nitrogen and oxygen atoms in total. The van der Waals surface area contributed by atoms with E-state index in [1.807, 2.05) is 24.3 Å². The number of rotatable bonds is 5. The molecule has 0 fully saturated rings. The second kappa shape index (κ2) is 6.72. The zero-order chi connectivity index (χ0) is 11.8. The Morgan fingerprint density at radius 1 is 1.38 bits per heavy atom. The average Bonchev–Trinajstić information content (AvgIpc) is 2.34. The maximum absolute atomic E-state index is 10.9. The summed E-state index contributed by atoms with van der Waals surface area (Å²) >= 11 is 0. The average molecular weight is 218 g/mol. The van der Waals surface area contributed by atoms with Crippen LogP contribution in [-0.2, 0) is 9.53 Å². The van der Waals surface area contributed by atoms with Crippen molar-refractivity contribution in [1.82, 2.24) is 0 Å². The smallest absolute Gasteiger partial charge is 0.330 e. The van der Waals surface area contributed by atoms with Crippen LogP contribution in [0.3, 0.4) is 0 Å². The van der Waals surface area contributed by atoms with Crippen LogP contribution < -0.4 is 4.74 Å². The van der Waals surface area contributed by atoms with Crippen LogP contribution in [0.25, 0.3) is 6.08 Å². The molecule has 0 atom stereocenters. The van der Waals surface area contributed by atoms with Gasteiger partial charge in [-0.3, -0.25) is 0 Å². The zero-order valence-electron chi connectivity index (χ0n) is 9.60.